The van der Waals surface area contributed by atoms with E-state index in [1.807, 2.05) is 20.8 Å². The number of alkyl halides is 3. The van der Waals surface area contributed by atoms with Crippen LogP contribution in [-0.4, -0.2) is 28.0 Å². The minimum atomic E-state index is -4.58. The molecule has 1 atom stereocenters. The van der Waals surface area contributed by atoms with E-state index < -0.39 is 23.8 Å². The van der Waals surface area contributed by atoms with Gasteiger partial charge in [0.15, 0.2) is 0 Å². The first kappa shape index (κ1) is 19.8. The molecule has 1 fully saturated rings. The van der Waals surface area contributed by atoms with Gasteiger partial charge in [-0.1, -0.05) is 25.9 Å². The molecule has 7 nitrogen and oxygen atoms in total. The summed E-state index contributed by atoms with van der Waals surface area (Å²) in [7, 11) is 0. The van der Waals surface area contributed by atoms with E-state index in [0.29, 0.717) is 5.69 Å². The van der Waals surface area contributed by atoms with E-state index in [2.05, 4.69) is 15.5 Å². The molecule has 3 heterocycles. The number of hydrogen-bond acceptors (Lipinski definition) is 5. The summed E-state index contributed by atoms with van der Waals surface area (Å²) in [5, 5.41) is 6.48. The van der Waals surface area contributed by atoms with Crippen molar-refractivity contribution in [3.05, 3.63) is 35.8 Å². The number of carbonyl (C=O) groups excluding carboxylic acids is 2. The van der Waals surface area contributed by atoms with E-state index >= 15 is 0 Å². The first-order valence-electron chi connectivity index (χ1n) is 8.60. The van der Waals surface area contributed by atoms with Crippen molar-refractivity contribution in [3.8, 4) is 0 Å². The number of pyridine rings is 1. The highest BCUT2D eigenvalue weighted by molar-refractivity contribution is 6.07. The molecule has 0 radical (unpaired) electrons. The van der Waals surface area contributed by atoms with Crippen LogP contribution in [0.15, 0.2) is 28.9 Å². The molecule has 0 spiro atoms. The number of aromatic nitrogens is 2. The molecule has 10 heteroatoms. The van der Waals surface area contributed by atoms with Crippen molar-refractivity contribution in [2.45, 2.75) is 51.2 Å². The summed E-state index contributed by atoms with van der Waals surface area (Å²) < 4.78 is 43.2. The molecule has 1 aliphatic rings. The largest absolute Gasteiger partial charge is 0.433 e. The van der Waals surface area contributed by atoms with Gasteiger partial charge in [0.1, 0.15) is 11.7 Å². The van der Waals surface area contributed by atoms with Gasteiger partial charge in [-0.25, -0.2) is 4.98 Å². The Morgan fingerprint density at radius 3 is 2.50 bits per heavy atom. The van der Waals surface area contributed by atoms with Crippen LogP contribution in [-0.2, 0) is 21.2 Å². The van der Waals surface area contributed by atoms with Crippen LogP contribution in [0, 0.1) is 0 Å². The van der Waals surface area contributed by atoms with Gasteiger partial charge in [0.2, 0.25) is 17.7 Å². The highest BCUT2D eigenvalue weighted by atomic mass is 19.4. The van der Waals surface area contributed by atoms with Crippen LogP contribution in [0.3, 0.4) is 0 Å². The van der Waals surface area contributed by atoms with Crippen LogP contribution >= 0.6 is 0 Å². The highest BCUT2D eigenvalue weighted by Gasteiger charge is 2.39. The molecule has 0 aromatic carbocycles. The average Bonchev–Trinajstić information content (AvgIpc) is 3.20. The van der Waals surface area contributed by atoms with Crippen molar-refractivity contribution in [1.29, 1.82) is 0 Å². The second-order valence-corrected chi connectivity index (χ2v) is 7.53. The van der Waals surface area contributed by atoms with E-state index in [1.54, 1.807) is 6.07 Å². The number of anilines is 2. The third-order valence-corrected chi connectivity index (χ3v) is 4.36. The lowest BCUT2D eigenvalue weighted by Crippen LogP contribution is -2.41. The van der Waals surface area contributed by atoms with Crippen molar-refractivity contribution >= 4 is 23.4 Å². The van der Waals surface area contributed by atoms with Crippen LogP contribution in [0.5, 0.6) is 0 Å². The standard InChI is InChI=1S/C18H19F3N4O3/c1-17(2,3)13-8-14(28-24-13)23-16(27)11-5-7-15(26)25(11)10-4-6-12(22-9-10)18(19,20)21/h4,6,8-9,11H,5,7H2,1-3H3,(H,23,27). The zero-order chi connectivity index (χ0) is 20.7. The number of hydrogen-bond donors (Lipinski definition) is 1. The summed E-state index contributed by atoms with van der Waals surface area (Å²) in [4.78, 5) is 29.4. The van der Waals surface area contributed by atoms with E-state index in [-0.39, 0.29) is 35.7 Å². The maximum absolute atomic E-state index is 12.7. The van der Waals surface area contributed by atoms with Gasteiger partial charge in [0.05, 0.1) is 17.6 Å². The minimum Gasteiger partial charge on any atom is -0.338 e. The maximum atomic E-state index is 12.7. The maximum Gasteiger partial charge on any atom is 0.433 e. The predicted molar refractivity (Wildman–Crippen MR) is 93.6 cm³/mol. The normalized spacial score (nSPS) is 17.9. The summed E-state index contributed by atoms with van der Waals surface area (Å²) >= 11 is 0. The third-order valence-electron chi connectivity index (χ3n) is 4.36. The Bertz CT molecular complexity index is 885. The van der Waals surface area contributed by atoms with Gasteiger partial charge >= 0.3 is 6.18 Å². The first-order chi connectivity index (χ1) is 13.0. The first-order valence-corrected chi connectivity index (χ1v) is 8.60. The van der Waals surface area contributed by atoms with Crippen molar-refractivity contribution in [2.75, 3.05) is 10.2 Å². The van der Waals surface area contributed by atoms with Crippen LogP contribution in [0.4, 0.5) is 24.7 Å². The molecule has 0 saturated carbocycles. The molecule has 1 saturated heterocycles. The molecule has 28 heavy (non-hydrogen) atoms. The molecular weight excluding hydrogens is 377 g/mol. The summed E-state index contributed by atoms with van der Waals surface area (Å²) in [6.07, 6.45) is -3.31. The lowest BCUT2D eigenvalue weighted by atomic mass is 9.92. The Labute approximate surface area is 158 Å². The van der Waals surface area contributed by atoms with Crippen LogP contribution in [0.2, 0.25) is 0 Å². The fraction of sp³-hybridized carbons (Fsp3) is 0.444. The third kappa shape index (κ3) is 4.00. The molecule has 1 N–H and O–H groups in total. The smallest absolute Gasteiger partial charge is 0.338 e. The number of rotatable bonds is 3. The fourth-order valence-corrected chi connectivity index (χ4v) is 2.84. The van der Waals surface area contributed by atoms with Gasteiger partial charge in [0.25, 0.3) is 0 Å². The summed E-state index contributed by atoms with van der Waals surface area (Å²) in [5.41, 5.74) is -0.564. The average molecular weight is 396 g/mol. The van der Waals surface area contributed by atoms with Crippen molar-refractivity contribution in [3.63, 3.8) is 0 Å². The molecule has 1 aliphatic heterocycles. The Kier molecular flexibility index (Phi) is 4.90. The monoisotopic (exact) mass is 396 g/mol. The lowest BCUT2D eigenvalue weighted by molar-refractivity contribution is -0.141. The van der Waals surface area contributed by atoms with Gasteiger partial charge in [-0.3, -0.25) is 19.8 Å². The second-order valence-electron chi connectivity index (χ2n) is 7.53. The van der Waals surface area contributed by atoms with Gasteiger partial charge in [-0.15, -0.1) is 0 Å². The van der Waals surface area contributed by atoms with E-state index in [4.69, 9.17) is 4.52 Å². The van der Waals surface area contributed by atoms with Gasteiger partial charge in [-0.2, -0.15) is 13.2 Å². The van der Waals surface area contributed by atoms with Crippen LogP contribution in [0.25, 0.3) is 0 Å². The second kappa shape index (κ2) is 6.92. The van der Waals surface area contributed by atoms with Crippen molar-refractivity contribution < 1.29 is 27.3 Å². The van der Waals surface area contributed by atoms with Gasteiger partial charge < -0.3 is 4.52 Å². The number of nitrogens with one attached hydrogen (secondary N) is 1. The molecule has 3 rings (SSSR count). The number of amides is 2. The molecule has 1 unspecified atom stereocenters. The van der Waals surface area contributed by atoms with E-state index in [0.717, 1.165) is 23.2 Å². The van der Waals surface area contributed by atoms with Crippen LogP contribution < -0.4 is 10.2 Å². The topological polar surface area (TPSA) is 88.3 Å². The quantitative estimate of drug-likeness (QED) is 0.858. The minimum absolute atomic E-state index is 0.1000. The molecular formula is C18H19F3N4O3. The van der Waals surface area contributed by atoms with Crippen molar-refractivity contribution in [2.24, 2.45) is 0 Å². The zero-order valence-electron chi connectivity index (χ0n) is 15.5. The SMILES string of the molecule is CC(C)(C)c1cc(NC(=O)C2CCC(=O)N2c2ccc(C(F)(F)F)nc2)on1. The van der Waals surface area contributed by atoms with E-state index in [9.17, 15) is 22.8 Å². The van der Waals surface area contributed by atoms with E-state index in [1.165, 1.54) is 0 Å². The number of nitrogens with zero attached hydrogens (tertiary/aromatic N) is 3. The zero-order valence-corrected chi connectivity index (χ0v) is 15.5. The van der Waals surface area contributed by atoms with Gasteiger partial charge in [-0.05, 0) is 18.6 Å². The fourth-order valence-electron chi connectivity index (χ4n) is 2.84. The summed E-state index contributed by atoms with van der Waals surface area (Å²) in [5.74, 6) is -0.739. The Morgan fingerprint density at radius 2 is 1.96 bits per heavy atom. The van der Waals surface area contributed by atoms with Gasteiger partial charge in [0, 0.05) is 17.9 Å². The molecule has 2 aromatic heterocycles. The summed E-state index contributed by atoms with van der Waals surface area (Å²) in [6.45, 7) is 5.81. The van der Waals surface area contributed by atoms with Crippen LogP contribution in [0.1, 0.15) is 45.0 Å². The molecule has 0 bridgehead atoms. The van der Waals surface area contributed by atoms with Crippen molar-refractivity contribution in [1.82, 2.24) is 10.1 Å². The predicted octanol–water partition coefficient (Wildman–Crippen LogP) is 3.52. The number of halogens is 3. The Morgan fingerprint density at radius 1 is 1.25 bits per heavy atom. The molecule has 150 valence electrons. The highest BCUT2D eigenvalue weighted by Crippen LogP contribution is 2.31. The Hall–Kier alpha value is -2.91. The summed E-state index contributed by atoms with van der Waals surface area (Å²) in [6, 6.07) is 2.63. The molecule has 2 amide bonds. The lowest BCUT2D eigenvalue weighted by Gasteiger charge is -2.23. The molecule has 0 aliphatic carbocycles. The number of carbonyl (C=O) groups is 2. The Balaban J connectivity index is 1.78. The molecule has 2 aromatic rings.